The molecule has 5 heterocycles. The van der Waals surface area contributed by atoms with Gasteiger partial charge in [0.2, 0.25) is 5.91 Å². The highest BCUT2D eigenvalue weighted by Gasteiger charge is 2.56. The Kier molecular flexibility index (Phi) is 14.4. The van der Waals surface area contributed by atoms with Gasteiger partial charge in [0.15, 0.2) is 30.0 Å². The quantitative estimate of drug-likeness (QED) is 0.0372. The molecule has 0 aliphatic carbocycles. The van der Waals surface area contributed by atoms with E-state index in [0.717, 1.165) is 17.1 Å². The van der Waals surface area contributed by atoms with Crippen LogP contribution in [0.2, 0.25) is 5.02 Å². The van der Waals surface area contributed by atoms with Gasteiger partial charge in [-0.25, -0.2) is 29.1 Å². The fourth-order valence-electron chi connectivity index (χ4n) is 6.81. The Balaban J connectivity index is 1.29. The highest BCUT2D eigenvalue weighted by molar-refractivity contribution is 7.53. The van der Waals surface area contributed by atoms with E-state index in [-0.39, 0.29) is 42.1 Å². The molecule has 0 spiro atoms. The second-order valence-corrected chi connectivity index (χ2v) is 17.5. The molecule has 0 saturated carbocycles. The molecule has 10 atom stereocenters. The van der Waals surface area contributed by atoms with Crippen molar-refractivity contribution < 1.29 is 66.9 Å². The summed E-state index contributed by atoms with van der Waals surface area (Å²) in [4.78, 5) is 85.4. The van der Waals surface area contributed by atoms with Crippen LogP contribution in [0.4, 0.5) is 11.6 Å². The molecular formula is C34H42ClN9O15P2. The molecule has 2 aliphatic rings. The first kappa shape index (κ1) is 45.8. The van der Waals surface area contributed by atoms with Crippen molar-refractivity contribution in [2.24, 2.45) is 0 Å². The molecule has 1 aromatic carbocycles. The summed E-state index contributed by atoms with van der Waals surface area (Å²) in [6, 6.07) is 6.71. The summed E-state index contributed by atoms with van der Waals surface area (Å²) in [5.41, 5.74) is 9.29. The van der Waals surface area contributed by atoms with Crippen LogP contribution in [0, 0.1) is 0 Å². The smallest absolute Gasteiger partial charge is 0.455 e. The van der Waals surface area contributed by atoms with E-state index in [1.807, 2.05) is 0 Å². The summed E-state index contributed by atoms with van der Waals surface area (Å²) < 4.78 is 55.3. The molecule has 2 saturated heterocycles. The van der Waals surface area contributed by atoms with E-state index in [4.69, 9.17) is 41.8 Å². The maximum absolute atomic E-state index is 14.1. The van der Waals surface area contributed by atoms with Crippen molar-refractivity contribution in [3.63, 3.8) is 0 Å². The second-order valence-electron chi connectivity index (χ2n) is 13.9. The summed E-state index contributed by atoms with van der Waals surface area (Å²) >= 11 is 6.35. The molecule has 3 aromatic heterocycles. The molecule has 6 rings (SSSR count). The number of aryl methyl sites for hydroxylation is 1. The van der Waals surface area contributed by atoms with Crippen molar-refractivity contribution in [1.29, 1.82) is 0 Å². The number of aliphatic hydroxyl groups is 2. The van der Waals surface area contributed by atoms with Crippen LogP contribution < -0.4 is 22.5 Å². The lowest BCUT2D eigenvalue weighted by molar-refractivity contribution is -0.160. The fourth-order valence-corrected chi connectivity index (χ4v) is 9.02. The monoisotopic (exact) mass is 913 g/mol. The molecule has 330 valence electrons. The predicted octanol–water partition coefficient (Wildman–Crippen LogP) is 0.0931. The third-order valence-corrected chi connectivity index (χ3v) is 12.5. The Morgan fingerprint density at radius 3 is 2.41 bits per heavy atom. The van der Waals surface area contributed by atoms with E-state index in [1.165, 1.54) is 23.0 Å². The number of nitrogens with one attached hydrogen (secondary N) is 1. The second kappa shape index (κ2) is 19.2. The Labute approximate surface area is 350 Å². The topological polar surface area (TPSA) is 358 Å². The number of aliphatic hydroxyl groups excluding tert-OH is 2. The maximum atomic E-state index is 14.1. The van der Waals surface area contributed by atoms with Crippen LogP contribution in [0.15, 0.2) is 66.6 Å². The van der Waals surface area contributed by atoms with Crippen molar-refractivity contribution in [1.82, 2.24) is 34.4 Å². The van der Waals surface area contributed by atoms with E-state index in [1.54, 1.807) is 24.3 Å². The van der Waals surface area contributed by atoms with Gasteiger partial charge in [0.1, 0.15) is 53.8 Å². The number of halogens is 1. The van der Waals surface area contributed by atoms with Gasteiger partial charge >= 0.3 is 27.1 Å². The first-order chi connectivity index (χ1) is 28.9. The predicted molar refractivity (Wildman–Crippen MR) is 211 cm³/mol. The molecule has 61 heavy (non-hydrogen) atoms. The minimum Gasteiger partial charge on any atom is -0.455 e. The van der Waals surface area contributed by atoms with Crippen LogP contribution in [0.3, 0.4) is 0 Å². The Bertz CT molecular complexity index is 2400. The average Bonchev–Trinajstić information content (AvgIpc) is 3.87. The third kappa shape index (κ3) is 10.7. The number of imidazole rings is 1. The van der Waals surface area contributed by atoms with Crippen molar-refractivity contribution in [3.8, 4) is 0 Å². The number of carbonyl (C=O) groups is 2. The molecule has 27 heteroatoms. The number of hydrogen-bond acceptors (Lipinski definition) is 18. The van der Waals surface area contributed by atoms with Gasteiger partial charge < -0.3 is 60.4 Å². The van der Waals surface area contributed by atoms with Crippen LogP contribution in [-0.4, -0.2) is 121 Å². The highest BCUT2D eigenvalue weighted by Crippen LogP contribution is 2.56. The number of carbonyl (C=O) groups excluding carboxylic acids is 2. The standard InChI is InChI=1S/C34H42ClN9O15P2/c1-2-3-8-23(45)41-19(10-9-17-6-4-5-7-18(17)35)33(48)59-27-20(57-31(25(27)46)44-16-40-24-29(37)38-15-39-30(24)44)13-55-60(50,51)28-21(14-56-61(52,53)54)58-32(26(28)47)43-12-11-22(36)42-34(43)49/h2,4-7,11-12,15-16,19-21,25-28,31-32,46-47H,1,3,8-10,13-14H2,(H,41,45)(H,50,51)(H2,36,42,49)(H2,37,38,39)(H2,52,53,54)/t19-,20+,21?,25+,26+,27+,28+,31+,32+/m0/s1. The number of phosphoric acid groups is 1. The molecule has 2 aliphatic heterocycles. The largest absolute Gasteiger partial charge is 0.469 e. The van der Waals surface area contributed by atoms with E-state index in [0.29, 0.717) is 17.0 Å². The number of ether oxygens (including phenoxy) is 3. The number of rotatable bonds is 18. The van der Waals surface area contributed by atoms with Crippen molar-refractivity contribution >= 4 is 61.7 Å². The normalized spacial score (nSPS) is 25.5. The number of nitrogens with zero attached hydrogens (tertiary/aromatic N) is 6. The Hall–Kier alpha value is -4.68. The van der Waals surface area contributed by atoms with Crippen LogP contribution in [0.25, 0.3) is 11.2 Å². The first-order valence-electron chi connectivity index (χ1n) is 18.3. The van der Waals surface area contributed by atoms with Gasteiger partial charge in [-0.1, -0.05) is 35.9 Å². The Morgan fingerprint density at radius 1 is 1.00 bits per heavy atom. The molecule has 1 amide bonds. The lowest BCUT2D eigenvalue weighted by Crippen LogP contribution is -2.47. The molecule has 4 aromatic rings. The number of esters is 1. The number of benzene rings is 1. The number of fused-ring (bicyclic) bond motifs is 1. The van der Waals surface area contributed by atoms with Gasteiger partial charge in [-0.05, 0) is 37.0 Å². The minimum absolute atomic E-state index is 0.0150. The van der Waals surface area contributed by atoms with Gasteiger partial charge in [0.25, 0.3) is 0 Å². The average molecular weight is 914 g/mol. The van der Waals surface area contributed by atoms with Crippen LogP contribution in [-0.2, 0) is 48.4 Å². The molecule has 2 unspecified atom stereocenters. The summed E-state index contributed by atoms with van der Waals surface area (Å²) in [5.74, 6) is -1.77. The van der Waals surface area contributed by atoms with E-state index in [2.05, 4.69) is 36.4 Å². The van der Waals surface area contributed by atoms with Gasteiger partial charge in [0.05, 0.1) is 19.5 Å². The van der Waals surface area contributed by atoms with Crippen molar-refractivity contribution in [3.05, 3.63) is 82.9 Å². The summed E-state index contributed by atoms with van der Waals surface area (Å²) in [5, 5.41) is 26.1. The number of nitrogen functional groups attached to an aromatic ring is 2. The number of nitrogens with two attached hydrogens (primary N) is 2. The number of allylic oxidation sites excluding steroid dienone is 1. The number of hydrogen-bond donors (Lipinski definition) is 8. The lowest BCUT2D eigenvalue weighted by atomic mass is 10.0. The zero-order chi connectivity index (χ0) is 44.2. The molecule has 10 N–H and O–H groups in total. The van der Waals surface area contributed by atoms with Crippen LogP contribution >= 0.6 is 27.0 Å². The van der Waals surface area contributed by atoms with Gasteiger partial charge in [-0.3, -0.25) is 23.0 Å². The summed E-state index contributed by atoms with van der Waals surface area (Å²) in [7, 11) is -10.5. The van der Waals surface area contributed by atoms with Gasteiger partial charge in [-0.15, -0.1) is 6.58 Å². The zero-order valence-electron chi connectivity index (χ0n) is 31.8. The lowest BCUT2D eigenvalue weighted by Gasteiger charge is -2.27. The van der Waals surface area contributed by atoms with Crippen molar-refractivity contribution in [2.75, 3.05) is 24.7 Å². The molecule has 24 nitrogen and oxygen atoms in total. The van der Waals surface area contributed by atoms with Gasteiger partial charge in [0, 0.05) is 17.6 Å². The minimum atomic E-state index is -5.28. The number of phosphoric ester groups is 1. The summed E-state index contributed by atoms with van der Waals surface area (Å²) in [6.07, 6.45) is -6.77. The Morgan fingerprint density at radius 2 is 1.70 bits per heavy atom. The SMILES string of the molecule is C=CCCC(=O)N[C@@H](CCc1ccccc1Cl)C(=O)O[C@H]1[C@@H](O)[C@H](n2cnc3c(N)ncnc32)O[C@@H]1COP(=O)(O)[C@@H]1C(COP(=O)(O)O)O[C@@H](n2ccc(N)nc2=O)[C@@H]1O. The summed E-state index contributed by atoms with van der Waals surface area (Å²) in [6.45, 7) is 1.58. The number of aromatic nitrogens is 6. The first-order valence-corrected chi connectivity index (χ1v) is 21.9. The van der Waals surface area contributed by atoms with Crippen LogP contribution in [0.5, 0.6) is 0 Å². The molecule has 0 radical (unpaired) electrons. The van der Waals surface area contributed by atoms with E-state index < -0.39 is 101 Å². The van der Waals surface area contributed by atoms with Gasteiger partial charge in [-0.2, -0.15) is 4.98 Å². The molecule has 2 fully saturated rings. The number of anilines is 2. The van der Waals surface area contributed by atoms with E-state index >= 15 is 0 Å². The molecule has 0 bridgehead atoms. The van der Waals surface area contributed by atoms with Crippen LogP contribution in [0.1, 0.15) is 37.3 Å². The number of amides is 1. The van der Waals surface area contributed by atoms with Crippen molar-refractivity contribution in [2.45, 2.75) is 80.4 Å². The highest BCUT2D eigenvalue weighted by atomic mass is 35.5. The molecular weight excluding hydrogens is 872 g/mol. The fraction of sp³-hybridized carbons (Fsp3) is 0.441. The zero-order valence-corrected chi connectivity index (χ0v) is 34.3. The van der Waals surface area contributed by atoms with E-state index in [9.17, 15) is 48.4 Å². The third-order valence-electron chi connectivity index (χ3n) is 9.75. The maximum Gasteiger partial charge on any atom is 0.469 e.